The number of likely N-dealkylation sites (tertiary alicyclic amines) is 1. The van der Waals surface area contributed by atoms with Gasteiger partial charge in [-0.05, 0) is 31.7 Å². The van der Waals surface area contributed by atoms with Gasteiger partial charge in [0.05, 0.1) is 22.9 Å². The van der Waals surface area contributed by atoms with Crippen LogP contribution in [0.5, 0.6) is 0 Å². The molecule has 0 N–H and O–H groups in total. The molecular formula is C16H20N4OS. The molecule has 0 aromatic carbocycles. The number of nitrogens with zero attached hydrogens (tertiary/aromatic N) is 4. The molecule has 0 amide bonds. The van der Waals surface area contributed by atoms with E-state index in [1.54, 1.807) is 22.1 Å². The Labute approximate surface area is 133 Å². The van der Waals surface area contributed by atoms with Gasteiger partial charge in [-0.2, -0.15) is 5.10 Å². The first-order chi connectivity index (χ1) is 10.7. The molecule has 22 heavy (non-hydrogen) atoms. The second kappa shape index (κ2) is 5.59. The molecule has 1 fully saturated rings. The minimum Gasteiger partial charge on any atom is -0.297 e. The van der Waals surface area contributed by atoms with Crippen LogP contribution in [0, 0.1) is 12.8 Å². The van der Waals surface area contributed by atoms with E-state index in [2.05, 4.69) is 20.4 Å². The third-order valence-corrected chi connectivity index (χ3v) is 5.36. The highest BCUT2D eigenvalue weighted by Crippen LogP contribution is 2.21. The van der Waals surface area contributed by atoms with Gasteiger partial charge in [0, 0.05) is 37.0 Å². The minimum atomic E-state index is 0.0641. The van der Waals surface area contributed by atoms with Gasteiger partial charge in [-0.3, -0.25) is 9.69 Å². The van der Waals surface area contributed by atoms with Crippen LogP contribution < -0.4 is 5.56 Å². The van der Waals surface area contributed by atoms with Crippen molar-refractivity contribution in [3.63, 3.8) is 0 Å². The second-order valence-corrected chi connectivity index (χ2v) is 7.47. The van der Waals surface area contributed by atoms with Crippen LogP contribution in [0.2, 0.25) is 0 Å². The molecule has 1 saturated heterocycles. The lowest BCUT2D eigenvalue weighted by Gasteiger charge is -2.38. The first kappa shape index (κ1) is 14.1. The first-order valence-electron chi connectivity index (χ1n) is 7.90. The quantitative estimate of drug-likeness (QED) is 0.860. The molecule has 0 atom stereocenters. The number of thiazole rings is 1. The number of fused-ring (bicyclic) bond motifs is 1. The predicted molar refractivity (Wildman–Crippen MR) is 86.1 cm³/mol. The fourth-order valence-corrected chi connectivity index (χ4v) is 4.05. The zero-order valence-corrected chi connectivity index (χ0v) is 13.6. The van der Waals surface area contributed by atoms with Crippen molar-refractivity contribution in [1.82, 2.24) is 19.7 Å². The highest BCUT2D eigenvalue weighted by molar-refractivity contribution is 7.09. The zero-order valence-electron chi connectivity index (χ0n) is 12.8. The molecule has 5 nitrogen and oxygen atoms in total. The van der Waals surface area contributed by atoms with Gasteiger partial charge < -0.3 is 0 Å². The summed E-state index contributed by atoms with van der Waals surface area (Å²) in [6.45, 7) is 5.77. The van der Waals surface area contributed by atoms with Crippen LogP contribution in [0.3, 0.4) is 0 Å². The Bertz CT molecular complexity index is 745. The van der Waals surface area contributed by atoms with Gasteiger partial charge in [-0.1, -0.05) is 0 Å². The van der Waals surface area contributed by atoms with Gasteiger partial charge >= 0.3 is 0 Å². The minimum absolute atomic E-state index is 0.0641. The van der Waals surface area contributed by atoms with E-state index in [0.717, 1.165) is 67.4 Å². The van der Waals surface area contributed by atoms with Crippen LogP contribution in [-0.4, -0.2) is 32.8 Å². The Kier molecular flexibility index (Phi) is 3.58. The van der Waals surface area contributed by atoms with Crippen LogP contribution in [0.15, 0.2) is 16.2 Å². The van der Waals surface area contributed by atoms with Crippen LogP contribution in [-0.2, 0) is 25.9 Å². The molecule has 116 valence electrons. The second-order valence-electron chi connectivity index (χ2n) is 6.41. The Balaban J connectivity index is 1.35. The Morgan fingerprint density at radius 3 is 3.00 bits per heavy atom. The fourth-order valence-electron chi connectivity index (χ4n) is 3.45. The smallest absolute Gasteiger partial charge is 0.267 e. The van der Waals surface area contributed by atoms with Gasteiger partial charge in [0.1, 0.15) is 0 Å². The number of hydrogen-bond acceptors (Lipinski definition) is 5. The van der Waals surface area contributed by atoms with Gasteiger partial charge in [0.15, 0.2) is 0 Å². The van der Waals surface area contributed by atoms with E-state index in [1.165, 1.54) is 0 Å². The van der Waals surface area contributed by atoms with Gasteiger partial charge in [-0.25, -0.2) is 9.67 Å². The summed E-state index contributed by atoms with van der Waals surface area (Å²) in [5.41, 5.74) is 3.52. The number of hydrogen-bond donors (Lipinski definition) is 0. The van der Waals surface area contributed by atoms with E-state index in [9.17, 15) is 4.79 Å². The molecule has 3 heterocycles. The summed E-state index contributed by atoms with van der Waals surface area (Å²) in [6, 6.07) is 1.80. The average molecular weight is 316 g/mol. The molecule has 1 aliphatic carbocycles. The third-order valence-electron chi connectivity index (χ3n) is 4.54. The van der Waals surface area contributed by atoms with E-state index in [4.69, 9.17) is 0 Å². The highest BCUT2D eigenvalue weighted by atomic mass is 32.1. The van der Waals surface area contributed by atoms with Crippen molar-refractivity contribution in [2.24, 2.45) is 5.92 Å². The molecule has 2 aromatic heterocycles. The number of aromatic nitrogens is 3. The summed E-state index contributed by atoms with van der Waals surface area (Å²) in [7, 11) is 0. The van der Waals surface area contributed by atoms with E-state index in [-0.39, 0.29) is 5.56 Å². The van der Waals surface area contributed by atoms with Crippen LogP contribution in [0.25, 0.3) is 0 Å². The van der Waals surface area contributed by atoms with Crippen LogP contribution in [0.1, 0.15) is 28.4 Å². The van der Waals surface area contributed by atoms with Crippen molar-refractivity contribution in [2.45, 2.75) is 39.3 Å². The van der Waals surface area contributed by atoms with E-state index in [0.29, 0.717) is 5.92 Å². The van der Waals surface area contributed by atoms with Crippen LogP contribution >= 0.6 is 11.3 Å². The lowest BCUT2D eigenvalue weighted by molar-refractivity contribution is 0.0754. The maximum atomic E-state index is 12.1. The zero-order chi connectivity index (χ0) is 15.1. The molecule has 0 bridgehead atoms. The largest absolute Gasteiger partial charge is 0.297 e. The summed E-state index contributed by atoms with van der Waals surface area (Å²) in [4.78, 5) is 19.0. The van der Waals surface area contributed by atoms with Crippen molar-refractivity contribution in [3.8, 4) is 0 Å². The molecule has 2 aliphatic rings. The monoisotopic (exact) mass is 316 g/mol. The van der Waals surface area contributed by atoms with Crippen molar-refractivity contribution in [1.29, 1.82) is 0 Å². The molecule has 2 aromatic rings. The molecule has 1 aliphatic heterocycles. The van der Waals surface area contributed by atoms with Crippen molar-refractivity contribution in [3.05, 3.63) is 43.8 Å². The van der Waals surface area contributed by atoms with Crippen molar-refractivity contribution < 1.29 is 0 Å². The Hall–Kier alpha value is -1.53. The number of aryl methyl sites for hydroxylation is 3. The summed E-state index contributed by atoms with van der Waals surface area (Å²) in [6.07, 6.45) is 3.17. The average Bonchev–Trinajstić information content (AvgIpc) is 3.05. The normalized spacial score (nSPS) is 18.4. The molecule has 4 rings (SSSR count). The molecule has 0 unspecified atom stereocenters. The topological polar surface area (TPSA) is 51.0 Å². The molecular weight excluding hydrogens is 296 g/mol. The first-order valence-corrected chi connectivity index (χ1v) is 8.78. The van der Waals surface area contributed by atoms with E-state index in [1.807, 2.05) is 6.92 Å². The number of rotatable bonds is 4. The SMILES string of the molecule is Cc1nc(CN2CC(Cn3nc4c(cc3=O)CCC4)C2)cs1. The Morgan fingerprint density at radius 2 is 2.23 bits per heavy atom. The molecule has 6 heteroatoms. The maximum Gasteiger partial charge on any atom is 0.267 e. The van der Waals surface area contributed by atoms with Gasteiger partial charge in [-0.15, -0.1) is 11.3 Å². The highest BCUT2D eigenvalue weighted by Gasteiger charge is 2.28. The van der Waals surface area contributed by atoms with Gasteiger partial charge in [0.2, 0.25) is 0 Å². The molecule has 0 radical (unpaired) electrons. The summed E-state index contributed by atoms with van der Waals surface area (Å²) in [5.74, 6) is 0.532. The van der Waals surface area contributed by atoms with Gasteiger partial charge in [0.25, 0.3) is 5.56 Å². The maximum absolute atomic E-state index is 12.1. The fraction of sp³-hybridized carbons (Fsp3) is 0.562. The molecule has 0 saturated carbocycles. The third kappa shape index (κ3) is 2.73. The predicted octanol–water partition coefficient (Wildman–Crippen LogP) is 1.63. The van der Waals surface area contributed by atoms with E-state index >= 15 is 0 Å². The van der Waals surface area contributed by atoms with Crippen molar-refractivity contribution >= 4 is 11.3 Å². The summed E-state index contributed by atoms with van der Waals surface area (Å²) < 4.78 is 1.68. The Morgan fingerprint density at radius 1 is 1.36 bits per heavy atom. The van der Waals surface area contributed by atoms with E-state index < -0.39 is 0 Å². The molecule has 0 spiro atoms. The lowest BCUT2D eigenvalue weighted by atomic mass is 10.00. The van der Waals surface area contributed by atoms with Crippen molar-refractivity contribution in [2.75, 3.05) is 13.1 Å². The summed E-state index contributed by atoms with van der Waals surface area (Å²) >= 11 is 1.70. The summed E-state index contributed by atoms with van der Waals surface area (Å²) in [5, 5.41) is 7.82. The standard InChI is InChI=1S/C16H20N4OS/c1-11-17-14(10-22-11)9-19-6-12(7-19)8-20-16(21)5-13-3-2-4-15(13)18-20/h5,10,12H,2-4,6-9H2,1H3. The lowest BCUT2D eigenvalue weighted by Crippen LogP contribution is -2.49. The van der Waals surface area contributed by atoms with Crippen LogP contribution in [0.4, 0.5) is 0 Å².